The number of hydrogen-bond donors (Lipinski definition) is 1. The monoisotopic (exact) mass is 251 g/mol. The van der Waals surface area contributed by atoms with Crippen LogP contribution in [0.25, 0.3) is 10.8 Å². The van der Waals surface area contributed by atoms with Gasteiger partial charge in [-0.2, -0.15) is 0 Å². The van der Waals surface area contributed by atoms with Crippen LogP contribution >= 0.6 is 0 Å². The van der Waals surface area contributed by atoms with Crippen LogP contribution < -0.4 is 5.32 Å². The van der Waals surface area contributed by atoms with Gasteiger partial charge in [0.15, 0.2) is 0 Å². The molecule has 19 heavy (non-hydrogen) atoms. The third-order valence-corrected chi connectivity index (χ3v) is 3.05. The summed E-state index contributed by atoms with van der Waals surface area (Å²) in [6.07, 6.45) is 7.12. The Labute approximate surface area is 113 Å². The Bertz CT molecular complexity index is 605. The Morgan fingerprint density at radius 2 is 1.95 bits per heavy atom. The predicted molar refractivity (Wildman–Crippen MR) is 78.7 cm³/mol. The van der Waals surface area contributed by atoms with E-state index in [0.29, 0.717) is 19.4 Å². The maximum Gasteiger partial charge on any atom is 0.224 e. The van der Waals surface area contributed by atoms with Crippen molar-refractivity contribution in [1.82, 2.24) is 5.32 Å². The normalized spacial score (nSPS) is 10.1. The van der Waals surface area contributed by atoms with Gasteiger partial charge in [-0.3, -0.25) is 4.79 Å². The molecule has 2 nitrogen and oxygen atoms in total. The minimum Gasteiger partial charge on any atom is -0.356 e. The van der Waals surface area contributed by atoms with E-state index >= 15 is 0 Å². The number of benzene rings is 2. The number of unbranched alkanes of at least 4 members (excludes halogenated alkanes) is 1. The molecule has 96 valence electrons. The number of hydrogen-bond acceptors (Lipinski definition) is 1. The lowest BCUT2D eigenvalue weighted by atomic mass is 10.0. The second-order valence-electron chi connectivity index (χ2n) is 4.47. The summed E-state index contributed by atoms with van der Waals surface area (Å²) in [4.78, 5) is 11.9. The van der Waals surface area contributed by atoms with Crippen molar-refractivity contribution >= 4 is 16.7 Å². The third-order valence-electron chi connectivity index (χ3n) is 3.05. The lowest BCUT2D eigenvalue weighted by molar-refractivity contribution is -0.120. The van der Waals surface area contributed by atoms with Crippen molar-refractivity contribution in [3.8, 4) is 12.3 Å². The van der Waals surface area contributed by atoms with Gasteiger partial charge in [0.1, 0.15) is 0 Å². The Balaban J connectivity index is 2.01. The van der Waals surface area contributed by atoms with Gasteiger partial charge in [0.05, 0.1) is 6.42 Å². The zero-order valence-electron chi connectivity index (χ0n) is 10.9. The number of amides is 1. The van der Waals surface area contributed by atoms with Crippen LogP contribution in [-0.2, 0) is 11.2 Å². The molecule has 0 bridgehead atoms. The molecule has 2 aromatic rings. The molecular weight excluding hydrogens is 234 g/mol. The van der Waals surface area contributed by atoms with Crippen LogP contribution in [0, 0.1) is 12.3 Å². The first-order chi connectivity index (χ1) is 9.31. The molecule has 0 aliphatic rings. The van der Waals surface area contributed by atoms with E-state index in [1.807, 2.05) is 24.3 Å². The lowest BCUT2D eigenvalue weighted by Crippen LogP contribution is -2.26. The summed E-state index contributed by atoms with van der Waals surface area (Å²) in [7, 11) is 0. The number of rotatable bonds is 5. The van der Waals surface area contributed by atoms with Crippen molar-refractivity contribution < 1.29 is 4.79 Å². The Kier molecular flexibility index (Phi) is 4.58. The number of terminal acetylenes is 1. The highest BCUT2D eigenvalue weighted by atomic mass is 16.1. The SMILES string of the molecule is C#CCCCNC(=O)Cc1cccc2ccccc12. The first-order valence-electron chi connectivity index (χ1n) is 6.48. The van der Waals surface area contributed by atoms with Crippen LogP contribution in [0.15, 0.2) is 42.5 Å². The number of fused-ring (bicyclic) bond motifs is 1. The Morgan fingerprint density at radius 3 is 2.79 bits per heavy atom. The molecular formula is C17H17NO. The summed E-state index contributed by atoms with van der Waals surface area (Å²) in [5.41, 5.74) is 1.06. The molecule has 2 heteroatoms. The van der Waals surface area contributed by atoms with Gasteiger partial charge in [-0.05, 0) is 22.8 Å². The van der Waals surface area contributed by atoms with Crippen LogP contribution in [0.2, 0.25) is 0 Å². The molecule has 0 saturated heterocycles. The molecule has 0 fully saturated rings. The van der Waals surface area contributed by atoms with E-state index in [1.165, 1.54) is 5.39 Å². The molecule has 1 N–H and O–H groups in total. The fourth-order valence-corrected chi connectivity index (χ4v) is 2.10. The molecule has 2 aromatic carbocycles. The van der Waals surface area contributed by atoms with Crippen molar-refractivity contribution in [3.63, 3.8) is 0 Å². The molecule has 0 unspecified atom stereocenters. The molecule has 0 aromatic heterocycles. The van der Waals surface area contributed by atoms with Gasteiger partial charge < -0.3 is 5.32 Å². The van der Waals surface area contributed by atoms with Gasteiger partial charge in [0, 0.05) is 13.0 Å². The number of carbonyl (C=O) groups excluding carboxylic acids is 1. The number of carbonyl (C=O) groups is 1. The molecule has 0 saturated carbocycles. The van der Waals surface area contributed by atoms with E-state index in [9.17, 15) is 4.79 Å². The molecule has 0 atom stereocenters. The average Bonchev–Trinajstić information content (AvgIpc) is 2.44. The van der Waals surface area contributed by atoms with E-state index in [1.54, 1.807) is 0 Å². The van der Waals surface area contributed by atoms with E-state index in [0.717, 1.165) is 17.4 Å². The van der Waals surface area contributed by atoms with Crippen molar-refractivity contribution in [2.24, 2.45) is 0 Å². The molecule has 0 spiro atoms. The zero-order valence-corrected chi connectivity index (χ0v) is 10.9. The van der Waals surface area contributed by atoms with Gasteiger partial charge in [0.25, 0.3) is 0 Å². The van der Waals surface area contributed by atoms with E-state index < -0.39 is 0 Å². The molecule has 1 amide bonds. The highest BCUT2D eigenvalue weighted by molar-refractivity contribution is 5.90. The van der Waals surface area contributed by atoms with Gasteiger partial charge in [-0.15, -0.1) is 12.3 Å². The van der Waals surface area contributed by atoms with Crippen LogP contribution in [0.3, 0.4) is 0 Å². The largest absolute Gasteiger partial charge is 0.356 e. The maximum atomic E-state index is 11.9. The molecule has 0 aliphatic carbocycles. The molecule has 0 heterocycles. The van der Waals surface area contributed by atoms with Crippen molar-refractivity contribution in [3.05, 3.63) is 48.0 Å². The second kappa shape index (κ2) is 6.61. The van der Waals surface area contributed by atoms with Gasteiger partial charge >= 0.3 is 0 Å². The van der Waals surface area contributed by atoms with E-state index in [2.05, 4.69) is 29.4 Å². The highest BCUT2D eigenvalue weighted by Gasteiger charge is 2.05. The van der Waals surface area contributed by atoms with Crippen molar-refractivity contribution in [2.75, 3.05) is 6.54 Å². The lowest BCUT2D eigenvalue weighted by Gasteiger charge is -2.07. The highest BCUT2D eigenvalue weighted by Crippen LogP contribution is 2.18. The van der Waals surface area contributed by atoms with Crippen molar-refractivity contribution in [1.29, 1.82) is 0 Å². The van der Waals surface area contributed by atoms with Gasteiger partial charge in [-0.1, -0.05) is 42.5 Å². The quantitative estimate of drug-likeness (QED) is 0.642. The third kappa shape index (κ3) is 3.59. The van der Waals surface area contributed by atoms with Crippen molar-refractivity contribution in [2.45, 2.75) is 19.3 Å². The first kappa shape index (κ1) is 13.2. The maximum absolute atomic E-state index is 11.9. The standard InChI is InChI=1S/C17H17NO/c1-2-3-6-12-18-17(19)13-15-10-7-9-14-8-4-5-11-16(14)15/h1,4-5,7-11H,3,6,12-13H2,(H,18,19). The fraction of sp³-hybridized carbons (Fsp3) is 0.235. The van der Waals surface area contributed by atoms with E-state index in [-0.39, 0.29) is 5.91 Å². The average molecular weight is 251 g/mol. The zero-order chi connectivity index (χ0) is 13.5. The minimum absolute atomic E-state index is 0.0494. The number of nitrogens with one attached hydrogen (secondary N) is 1. The summed E-state index contributed by atoms with van der Waals surface area (Å²) < 4.78 is 0. The van der Waals surface area contributed by atoms with Crippen LogP contribution in [-0.4, -0.2) is 12.5 Å². The summed E-state index contributed by atoms with van der Waals surface area (Å²) >= 11 is 0. The second-order valence-corrected chi connectivity index (χ2v) is 4.47. The Hall–Kier alpha value is -2.27. The first-order valence-corrected chi connectivity index (χ1v) is 6.48. The smallest absolute Gasteiger partial charge is 0.224 e. The van der Waals surface area contributed by atoms with Gasteiger partial charge in [-0.25, -0.2) is 0 Å². The molecule has 0 aliphatic heterocycles. The van der Waals surface area contributed by atoms with Gasteiger partial charge in [0.2, 0.25) is 5.91 Å². The summed E-state index contributed by atoms with van der Waals surface area (Å²) in [5.74, 6) is 2.61. The van der Waals surface area contributed by atoms with Crippen LogP contribution in [0.5, 0.6) is 0 Å². The summed E-state index contributed by atoms with van der Waals surface area (Å²) in [5, 5.41) is 5.21. The molecule has 2 rings (SSSR count). The van der Waals surface area contributed by atoms with Crippen LogP contribution in [0.1, 0.15) is 18.4 Å². The fourth-order valence-electron chi connectivity index (χ4n) is 2.10. The minimum atomic E-state index is 0.0494. The summed E-state index contributed by atoms with van der Waals surface area (Å²) in [6.45, 7) is 0.647. The Morgan fingerprint density at radius 1 is 1.16 bits per heavy atom. The topological polar surface area (TPSA) is 29.1 Å². The molecule has 0 radical (unpaired) electrons. The van der Waals surface area contributed by atoms with E-state index in [4.69, 9.17) is 6.42 Å². The predicted octanol–water partition coefficient (Wildman–Crippen LogP) is 2.91. The van der Waals surface area contributed by atoms with Crippen LogP contribution in [0.4, 0.5) is 0 Å². The summed E-state index contributed by atoms with van der Waals surface area (Å²) in [6, 6.07) is 14.2.